The molecule has 2 aromatic carbocycles. The number of halogens is 1. The van der Waals surface area contributed by atoms with Crippen molar-refractivity contribution in [2.75, 3.05) is 17.7 Å². The van der Waals surface area contributed by atoms with Crippen molar-refractivity contribution in [3.8, 4) is 5.75 Å². The maximum Gasteiger partial charge on any atom is 0.175 e. The number of thiocarbonyl (C=S) groups is 1. The number of anilines is 2. The van der Waals surface area contributed by atoms with E-state index < -0.39 is 0 Å². The second-order valence-corrected chi connectivity index (χ2v) is 5.15. The maximum absolute atomic E-state index is 13.8. The van der Waals surface area contributed by atoms with Crippen LogP contribution in [0.5, 0.6) is 5.75 Å². The normalized spacial score (nSPS) is 10.1. The van der Waals surface area contributed by atoms with Crippen LogP contribution in [0.2, 0.25) is 0 Å². The Kier molecular flexibility index (Phi) is 4.75. The van der Waals surface area contributed by atoms with Crippen molar-refractivity contribution in [2.45, 2.75) is 13.8 Å². The largest absolute Gasteiger partial charge is 0.497 e. The number of rotatable bonds is 3. The zero-order valence-electron chi connectivity index (χ0n) is 12.2. The van der Waals surface area contributed by atoms with E-state index in [4.69, 9.17) is 17.0 Å². The average molecular weight is 304 g/mol. The molecule has 110 valence electrons. The third-order valence-corrected chi connectivity index (χ3v) is 3.27. The van der Waals surface area contributed by atoms with Crippen molar-refractivity contribution in [2.24, 2.45) is 0 Å². The molecule has 0 spiro atoms. The first-order chi connectivity index (χ1) is 9.99. The number of aryl methyl sites for hydroxylation is 2. The van der Waals surface area contributed by atoms with E-state index >= 15 is 0 Å². The summed E-state index contributed by atoms with van der Waals surface area (Å²) in [6, 6.07) is 10.6. The van der Waals surface area contributed by atoms with Gasteiger partial charge in [0.25, 0.3) is 0 Å². The molecule has 0 bridgehead atoms. The Morgan fingerprint density at radius 2 is 1.76 bits per heavy atom. The van der Waals surface area contributed by atoms with Crippen LogP contribution in [0.3, 0.4) is 0 Å². The van der Waals surface area contributed by atoms with Crippen LogP contribution in [0.15, 0.2) is 36.4 Å². The molecule has 2 rings (SSSR count). The molecule has 2 aromatic rings. The smallest absolute Gasteiger partial charge is 0.175 e. The molecule has 0 unspecified atom stereocenters. The van der Waals surface area contributed by atoms with Crippen LogP contribution in [0.4, 0.5) is 15.8 Å². The molecule has 0 aliphatic carbocycles. The summed E-state index contributed by atoms with van der Waals surface area (Å²) in [5.74, 6) is 0.397. The van der Waals surface area contributed by atoms with E-state index in [2.05, 4.69) is 10.6 Å². The minimum atomic E-state index is -0.332. The zero-order valence-corrected chi connectivity index (χ0v) is 13.0. The first-order valence-electron chi connectivity index (χ1n) is 6.48. The summed E-state index contributed by atoms with van der Waals surface area (Å²) in [6.07, 6.45) is 0. The van der Waals surface area contributed by atoms with Crippen LogP contribution >= 0.6 is 12.2 Å². The van der Waals surface area contributed by atoms with Gasteiger partial charge in [0.15, 0.2) is 5.11 Å². The van der Waals surface area contributed by atoms with Crippen LogP contribution < -0.4 is 15.4 Å². The number of hydrogen-bond acceptors (Lipinski definition) is 2. The molecule has 0 heterocycles. The number of nitrogens with one attached hydrogen (secondary N) is 2. The van der Waals surface area contributed by atoms with E-state index in [1.165, 1.54) is 6.07 Å². The molecule has 0 saturated carbocycles. The van der Waals surface area contributed by atoms with Gasteiger partial charge in [-0.25, -0.2) is 4.39 Å². The van der Waals surface area contributed by atoms with Gasteiger partial charge in [0.2, 0.25) is 0 Å². The summed E-state index contributed by atoms with van der Waals surface area (Å²) in [5.41, 5.74) is 3.04. The molecule has 0 amide bonds. The Morgan fingerprint density at radius 1 is 1.05 bits per heavy atom. The van der Waals surface area contributed by atoms with Crippen molar-refractivity contribution in [3.63, 3.8) is 0 Å². The highest BCUT2D eigenvalue weighted by Gasteiger charge is 2.06. The van der Waals surface area contributed by atoms with Crippen molar-refractivity contribution in [3.05, 3.63) is 53.3 Å². The van der Waals surface area contributed by atoms with Crippen molar-refractivity contribution in [1.82, 2.24) is 0 Å². The molecule has 0 fully saturated rings. The van der Waals surface area contributed by atoms with Crippen molar-refractivity contribution in [1.29, 1.82) is 0 Å². The quantitative estimate of drug-likeness (QED) is 0.830. The maximum atomic E-state index is 13.8. The number of methoxy groups -OCH3 is 1. The van der Waals surface area contributed by atoms with E-state index in [1.54, 1.807) is 13.2 Å². The Hall–Kier alpha value is -2.14. The van der Waals surface area contributed by atoms with Gasteiger partial charge in [0.05, 0.1) is 12.8 Å². The highest BCUT2D eigenvalue weighted by molar-refractivity contribution is 7.80. The van der Waals surface area contributed by atoms with Crippen LogP contribution in [0.1, 0.15) is 11.1 Å². The first-order valence-corrected chi connectivity index (χ1v) is 6.89. The van der Waals surface area contributed by atoms with Gasteiger partial charge < -0.3 is 15.4 Å². The molecule has 21 heavy (non-hydrogen) atoms. The SMILES string of the molecule is COc1ccc(C)c(NC(=S)Nc2ccc(C)cc2F)c1. The molecule has 0 aromatic heterocycles. The molecule has 3 nitrogen and oxygen atoms in total. The average Bonchev–Trinajstić information content (AvgIpc) is 2.44. The third-order valence-electron chi connectivity index (χ3n) is 3.07. The lowest BCUT2D eigenvalue weighted by Crippen LogP contribution is -2.20. The summed E-state index contributed by atoms with van der Waals surface area (Å²) in [5, 5.41) is 6.23. The molecule has 0 atom stereocenters. The highest BCUT2D eigenvalue weighted by atomic mass is 32.1. The Labute approximate surface area is 129 Å². The monoisotopic (exact) mass is 304 g/mol. The highest BCUT2D eigenvalue weighted by Crippen LogP contribution is 2.22. The van der Waals surface area contributed by atoms with E-state index in [0.29, 0.717) is 10.8 Å². The number of hydrogen-bond donors (Lipinski definition) is 2. The summed E-state index contributed by atoms with van der Waals surface area (Å²) < 4.78 is 19.0. The van der Waals surface area contributed by atoms with Gasteiger partial charge in [-0.3, -0.25) is 0 Å². The third kappa shape index (κ3) is 3.92. The standard InChI is InChI=1S/C16H17FN2OS/c1-10-4-7-14(13(17)8-10)18-16(21)19-15-9-12(20-3)6-5-11(15)2/h4-9H,1-3H3,(H2,18,19,21). The lowest BCUT2D eigenvalue weighted by Gasteiger charge is -2.14. The molecule has 2 N–H and O–H groups in total. The second kappa shape index (κ2) is 6.54. The van der Waals surface area contributed by atoms with Gasteiger partial charge in [-0.2, -0.15) is 0 Å². The summed E-state index contributed by atoms with van der Waals surface area (Å²) in [7, 11) is 1.60. The minimum absolute atomic E-state index is 0.328. The lowest BCUT2D eigenvalue weighted by atomic mass is 10.2. The predicted molar refractivity (Wildman–Crippen MR) is 88.7 cm³/mol. The second-order valence-electron chi connectivity index (χ2n) is 4.74. The fraction of sp³-hybridized carbons (Fsp3) is 0.188. The van der Waals surface area contributed by atoms with Crippen LogP contribution in [0.25, 0.3) is 0 Å². The fourth-order valence-corrected chi connectivity index (χ4v) is 2.08. The van der Waals surface area contributed by atoms with Crippen molar-refractivity contribution >= 4 is 28.7 Å². The van der Waals surface area contributed by atoms with E-state index in [9.17, 15) is 4.39 Å². The summed E-state index contributed by atoms with van der Waals surface area (Å²) in [4.78, 5) is 0. The minimum Gasteiger partial charge on any atom is -0.497 e. The summed E-state index contributed by atoms with van der Waals surface area (Å²) in [6.45, 7) is 3.79. The molecule has 0 aliphatic heterocycles. The molecule has 5 heteroatoms. The molecular formula is C16H17FN2OS. The molecular weight excluding hydrogens is 287 g/mol. The number of ether oxygens (including phenoxy) is 1. The Morgan fingerprint density at radius 3 is 2.43 bits per heavy atom. The van der Waals surface area contributed by atoms with E-state index in [1.807, 2.05) is 38.1 Å². The Bertz CT molecular complexity index is 673. The molecule has 0 saturated heterocycles. The fourth-order valence-electron chi connectivity index (χ4n) is 1.86. The van der Waals surface area contributed by atoms with Gasteiger partial charge in [-0.05, 0) is 55.4 Å². The van der Waals surface area contributed by atoms with Gasteiger partial charge in [0, 0.05) is 11.8 Å². The van der Waals surface area contributed by atoms with Crippen LogP contribution in [-0.2, 0) is 0 Å². The molecule has 0 aliphatic rings. The lowest BCUT2D eigenvalue weighted by molar-refractivity contribution is 0.415. The predicted octanol–water partition coefficient (Wildman–Crippen LogP) is 4.26. The van der Waals surface area contributed by atoms with Crippen LogP contribution in [0, 0.1) is 19.7 Å². The van der Waals surface area contributed by atoms with Gasteiger partial charge in [-0.1, -0.05) is 12.1 Å². The van der Waals surface area contributed by atoms with Gasteiger partial charge in [-0.15, -0.1) is 0 Å². The zero-order chi connectivity index (χ0) is 15.4. The van der Waals surface area contributed by atoms with E-state index in [0.717, 1.165) is 22.6 Å². The Balaban J connectivity index is 2.11. The summed E-state index contributed by atoms with van der Waals surface area (Å²) >= 11 is 5.22. The molecule has 0 radical (unpaired) electrons. The van der Waals surface area contributed by atoms with Crippen LogP contribution in [-0.4, -0.2) is 12.2 Å². The van der Waals surface area contributed by atoms with Gasteiger partial charge in [0.1, 0.15) is 11.6 Å². The van der Waals surface area contributed by atoms with Crippen molar-refractivity contribution < 1.29 is 9.13 Å². The topological polar surface area (TPSA) is 33.3 Å². The number of benzene rings is 2. The van der Waals surface area contributed by atoms with E-state index in [-0.39, 0.29) is 5.82 Å². The first kappa shape index (κ1) is 15.3. The van der Waals surface area contributed by atoms with Gasteiger partial charge >= 0.3 is 0 Å².